The van der Waals surface area contributed by atoms with Crippen molar-refractivity contribution in [1.29, 1.82) is 0 Å². The Morgan fingerprint density at radius 2 is 1.47 bits per heavy atom. The van der Waals surface area contributed by atoms with E-state index in [4.69, 9.17) is 23.2 Å². The molecule has 0 bridgehead atoms. The fraction of sp³-hybridized carbons (Fsp3) is 0.333. The van der Waals surface area contributed by atoms with Gasteiger partial charge in [-0.3, -0.25) is 13.9 Å². The highest BCUT2D eigenvalue weighted by atomic mass is 35.5. The Morgan fingerprint density at radius 3 is 2.03 bits per heavy atom. The minimum atomic E-state index is -3.89. The number of para-hydroxylation sites is 2. The maximum atomic E-state index is 13.0. The predicted molar refractivity (Wildman–Crippen MR) is 124 cm³/mol. The number of carbonyl (C=O) groups is 1. The summed E-state index contributed by atoms with van der Waals surface area (Å²) >= 11 is 12.2. The summed E-state index contributed by atoms with van der Waals surface area (Å²) in [6.07, 6.45) is 0. The standard InChI is InChI=1S/C21H22Cl2N4O4S/c1-2-26-17-8-3-4-9-18(17)27(21(26)29)14-19(28)24-10-12-25(13-11-24)32(30,31)20-15(22)6-5-7-16(20)23/h3-9H,2,10-14H2,1H3. The van der Waals surface area contributed by atoms with E-state index in [1.54, 1.807) is 15.5 Å². The number of hydrogen-bond acceptors (Lipinski definition) is 4. The van der Waals surface area contributed by atoms with Crippen LogP contribution in [0.3, 0.4) is 0 Å². The maximum absolute atomic E-state index is 13.0. The van der Waals surface area contributed by atoms with E-state index in [0.29, 0.717) is 12.1 Å². The monoisotopic (exact) mass is 496 g/mol. The number of aryl methyl sites for hydroxylation is 1. The molecule has 1 aliphatic heterocycles. The van der Waals surface area contributed by atoms with E-state index >= 15 is 0 Å². The lowest BCUT2D eigenvalue weighted by Gasteiger charge is -2.34. The number of hydrogen-bond donors (Lipinski definition) is 0. The molecule has 11 heteroatoms. The molecule has 0 unspecified atom stereocenters. The number of imidazole rings is 1. The third-order valence-electron chi connectivity index (χ3n) is 5.64. The highest BCUT2D eigenvalue weighted by Gasteiger charge is 2.33. The average molecular weight is 497 g/mol. The van der Waals surface area contributed by atoms with Gasteiger partial charge in [0.2, 0.25) is 15.9 Å². The van der Waals surface area contributed by atoms with Crippen molar-refractivity contribution in [2.24, 2.45) is 0 Å². The second-order valence-corrected chi connectivity index (χ2v) is 10.1. The Morgan fingerprint density at radius 1 is 0.906 bits per heavy atom. The van der Waals surface area contributed by atoms with Gasteiger partial charge >= 0.3 is 5.69 Å². The van der Waals surface area contributed by atoms with Gasteiger partial charge in [-0.15, -0.1) is 0 Å². The first kappa shape index (κ1) is 22.8. The second-order valence-electron chi connectivity index (χ2n) is 7.44. The molecule has 1 saturated heterocycles. The Hall–Kier alpha value is -2.33. The summed E-state index contributed by atoms with van der Waals surface area (Å²) in [5.74, 6) is -0.237. The van der Waals surface area contributed by atoms with Crippen LogP contribution in [-0.2, 0) is 27.9 Å². The summed E-state index contributed by atoms with van der Waals surface area (Å²) in [6, 6.07) is 11.9. The minimum absolute atomic E-state index is 0.0581. The van der Waals surface area contributed by atoms with Gasteiger partial charge in [0, 0.05) is 32.7 Å². The van der Waals surface area contributed by atoms with Crippen LogP contribution in [0, 0.1) is 0 Å². The van der Waals surface area contributed by atoms with Gasteiger partial charge in [-0.05, 0) is 31.2 Å². The molecular formula is C21H22Cl2N4O4S. The molecule has 2 aromatic carbocycles. The number of halogens is 2. The van der Waals surface area contributed by atoms with Crippen molar-refractivity contribution in [2.75, 3.05) is 26.2 Å². The van der Waals surface area contributed by atoms with Gasteiger partial charge in [0.1, 0.15) is 11.4 Å². The number of carbonyl (C=O) groups excluding carboxylic acids is 1. The highest BCUT2D eigenvalue weighted by Crippen LogP contribution is 2.31. The lowest BCUT2D eigenvalue weighted by molar-refractivity contribution is -0.133. The van der Waals surface area contributed by atoms with Gasteiger partial charge in [-0.2, -0.15) is 4.31 Å². The Kier molecular flexibility index (Phi) is 6.35. The number of fused-ring (bicyclic) bond motifs is 1. The summed E-state index contributed by atoms with van der Waals surface area (Å²) in [6.45, 7) is 2.92. The molecule has 0 atom stereocenters. The Bertz CT molecular complexity index is 1320. The molecule has 1 amide bonds. The van der Waals surface area contributed by atoms with E-state index in [9.17, 15) is 18.0 Å². The first-order chi connectivity index (χ1) is 15.3. The molecule has 1 aromatic heterocycles. The lowest BCUT2D eigenvalue weighted by atomic mass is 10.3. The van der Waals surface area contributed by atoms with Crippen LogP contribution >= 0.6 is 23.2 Å². The van der Waals surface area contributed by atoms with Crippen LogP contribution in [0.5, 0.6) is 0 Å². The third kappa shape index (κ3) is 3.94. The maximum Gasteiger partial charge on any atom is 0.329 e. The lowest BCUT2D eigenvalue weighted by Crippen LogP contribution is -2.51. The SMILES string of the molecule is CCn1c(=O)n(CC(=O)N2CCN(S(=O)(=O)c3c(Cl)cccc3Cl)CC2)c2ccccc21. The van der Waals surface area contributed by atoms with Crippen molar-refractivity contribution in [3.8, 4) is 0 Å². The first-order valence-corrected chi connectivity index (χ1v) is 12.3. The number of amides is 1. The molecule has 3 aromatic rings. The van der Waals surface area contributed by atoms with Crippen LogP contribution in [-0.4, -0.2) is 58.8 Å². The molecule has 0 radical (unpaired) electrons. The van der Waals surface area contributed by atoms with Crippen LogP contribution in [0.4, 0.5) is 0 Å². The first-order valence-electron chi connectivity index (χ1n) is 10.2. The van der Waals surface area contributed by atoms with Crippen LogP contribution in [0.25, 0.3) is 11.0 Å². The molecule has 0 saturated carbocycles. The smallest absolute Gasteiger partial charge is 0.329 e. The van der Waals surface area contributed by atoms with Gasteiger partial charge in [0.25, 0.3) is 0 Å². The predicted octanol–water partition coefficient (Wildman–Crippen LogP) is 2.66. The van der Waals surface area contributed by atoms with Crippen LogP contribution in [0.15, 0.2) is 52.2 Å². The molecule has 2 heterocycles. The van der Waals surface area contributed by atoms with E-state index in [2.05, 4.69) is 0 Å². The van der Waals surface area contributed by atoms with Crippen LogP contribution in [0.2, 0.25) is 10.0 Å². The number of aromatic nitrogens is 2. The Labute approximate surface area is 195 Å². The molecule has 0 aliphatic carbocycles. The summed E-state index contributed by atoms with van der Waals surface area (Å²) in [5, 5.41) is 0.116. The normalized spacial score (nSPS) is 15.4. The van der Waals surface area contributed by atoms with Crippen molar-refractivity contribution in [3.63, 3.8) is 0 Å². The van der Waals surface area contributed by atoms with Gasteiger partial charge in [0.05, 0.1) is 21.1 Å². The fourth-order valence-corrected chi connectivity index (χ4v) is 6.52. The van der Waals surface area contributed by atoms with Gasteiger partial charge in [-0.25, -0.2) is 13.2 Å². The van der Waals surface area contributed by atoms with Crippen molar-refractivity contribution < 1.29 is 13.2 Å². The van der Waals surface area contributed by atoms with Gasteiger partial charge in [-0.1, -0.05) is 41.4 Å². The largest absolute Gasteiger partial charge is 0.338 e. The zero-order valence-electron chi connectivity index (χ0n) is 17.4. The number of rotatable bonds is 5. The second kappa shape index (κ2) is 8.90. The number of piperazine rings is 1. The molecule has 32 heavy (non-hydrogen) atoms. The molecule has 170 valence electrons. The van der Waals surface area contributed by atoms with Crippen LogP contribution in [0.1, 0.15) is 6.92 Å². The summed E-state index contributed by atoms with van der Waals surface area (Å²) < 4.78 is 30.4. The number of benzene rings is 2. The summed E-state index contributed by atoms with van der Waals surface area (Å²) in [7, 11) is -3.89. The van der Waals surface area contributed by atoms with Crippen molar-refractivity contribution in [1.82, 2.24) is 18.3 Å². The summed E-state index contributed by atoms with van der Waals surface area (Å²) in [5.41, 5.74) is 1.24. The third-order valence-corrected chi connectivity index (χ3v) is 8.50. The number of sulfonamides is 1. The molecule has 0 spiro atoms. The molecule has 1 fully saturated rings. The topological polar surface area (TPSA) is 84.6 Å². The highest BCUT2D eigenvalue weighted by molar-refractivity contribution is 7.89. The van der Waals surface area contributed by atoms with E-state index in [1.807, 2.05) is 31.2 Å². The van der Waals surface area contributed by atoms with E-state index in [1.165, 1.54) is 21.0 Å². The average Bonchev–Trinajstić information content (AvgIpc) is 3.04. The number of nitrogens with zero attached hydrogens (tertiary/aromatic N) is 4. The Balaban J connectivity index is 1.50. The van der Waals surface area contributed by atoms with Gasteiger partial charge < -0.3 is 4.90 Å². The van der Waals surface area contributed by atoms with Crippen molar-refractivity contribution in [2.45, 2.75) is 24.9 Å². The van der Waals surface area contributed by atoms with Crippen LogP contribution < -0.4 is 5.69 Å². The van der Waals surface area contributed by atoms with E-state index in [-0.39, 0.29) is 59.3 Å². The fourth-order valence-electron chi connectivity index (χ4n) is 4.00. The quantitative estimate of drug-likeness (QED) is 0.543. The molecular weight excluding hydrogens is 475 g/mol. The molecule has 4 rings (SSSR count). The van der Waals surface area contributed by atoms with Crippen molar-refractivity contribution in [3.05, 3.63) is 63.0 Å². The molecule has 8 nitrogen and oxygen atoms in total. The van der Waals surface area contributed by atoms with E-state index in [0.717, 1.165) is 5.52 Å². The van der Waals surface area contributed by atoms with E-state index < -0.39 is 10.0 Å². The minimum Gasteiger partial charge on any atom is -0.338 e. The molecule has 1 aliphatic rings. The zero-order chi connectivity index (χ0) is 23.0. The summed E-state index contributed by atoms with van der Waals surface area (Å²) in [4.78, 5) is 27.2. The zero-order valence-corrected chi connectivity index (χ0v) is 19.7. The molecule has 0 N–H and O–H groups in total. The van der Waals surface area contributed by atoms with Gasteiger partial charge in [0.15, 0.2) is 0 Å². The van der Waals surface area contributed by atoms with Crippen molar-refractivity contribution >= 4 is 50.2 Å².